The first-order valence-corrected chi connectivity index (χ1v) is 47.0. The molecular formula is C103H102Cl6N10O11. The lowest BCUT2D eigenvalue weighted by Crippen LogP contribution is -2.42. The molecule has 130 heavy (non-hydrogen) atoms. The van der Waals surface area contributed by atoms with E-state index in [1.165, 1.54) is 70.3 Å². The van der Waals surface area contributed by atoms with Gasteiger partial charge in [0.05, 0.1) is 39.6 Å². The molecule has 0 spiro atoms. The molecule has 21 nitrogen and oxygen atoms in total. The fourth-order valence-electron chi connectivity index (χ4n) is 18.9. The van der Waals surface area contributed by atoms with Gasteiger partial charge in [-0.1, -0.05) is 107 Å². The van der Waals surface area contributed by atoms with Crippen molar-refractivity contribution in [2.75, 3.05) is 110 Å². The summed E-state index contributed by atoms with van der Waals surface area (Å²) in [6.07, 6.45) is 8.00. The minimum Gasteiger partial charge on any atom is -0.497 e. The normalized spacial score (nSPS) is 18.6. The zero-order chi connectivity index (χ0) is 89.5. The van der Waals surface area contributed by atoms with E-state index >= 15 is 0 Å². The van der Waals surface area contributed by atoms with Crippen molar-refractivity contribution in [3.05, 3.63) is 311 Å². The van der Waals surface area contributed by atoms with Crippen LogP contribution in [0.3, 0.4) is 0 Å². The lowest BCUT2D eigenvalue weighted by molar-refractivity contribution is 0.0931. The molecule has 4 aromatic heterocycles. The van der Waals surface area contributed by atoms with Gasteiger partial charge in [0.1, 0.15) is 65.3 Å². The van der Waals surface area contributed by atoms with E-state index in [2.05, 4.69) is 90.6 Å². The topological polar surface area (TPSA) is 220 Å². The number of methoxy groups -OCH3 is 1. The highest BCUT2D eigenvalue weighted by Crippen LogP contribution is 2.46. The van der Waals surface area contributed by atoms with Crippen molar-refractivity contribution >= 4 is 137 Å². The predicted molar refractivity (Wildman–Crippen MR) is 516 cm³/mol. The number of aromatic nitrogens is 4. The first-order valence-electron chi connectivity index (χ1n) is 44.6. The molecule has 7 aliphatic rings. The minimum absolute atomic E-state index is 0.159. The molecule has 672 valence electrons. The molecule has 0 radical (unpaired) electrons. The number of nitrogens with one attached hydrogen (secondary N) is 5. The summed E-state index contributed by atoms with van der Waals surface area (Å²) in [4.78, 5) is 64.2. The van der Waals surface area contributed by atoms with Gasteiger partial charge in [0.25, 0.3) is 0 Å². The molecule has 3 amide bonds. The average molecular weight is 1870 g/mol. The molecule has 21 rings (SSSR count). The lowest BCUT2D eigenvalue weighted by Gasteiger charge is -2.35. The number of epoxide rings is 1. The van der Waals surface area contributed by atoms with Crippen LogP contribution < -0.4 is 38.6 Å². The molecule has 5 N–H and O–H groups in total. The number of ether oxygens (including phenoxy) is 8. The Morgan fingerprint density at radius 1 is 0.431 bits per heavy atom. The number of fused-ring (bicyclic) bond motifs is 12. The summed E-state index contributed by atoms with van der Waals surface area (Å²) in [6.45, 7) is 11.8. The summed E-state index contributed by atoms with van der Waals surface area (Å²) in [5.41, 5.74) is 18.8. The van der Waals surface area contributed by atoms with Crippen LogP contribution in [-0.4, -0.2) is 169 Å². The fourth-order valence-corrected chi connectivity index (χ4v) is 19.8. The Hall–Kier alpha value is -11.2. The SMILES string of the molecule is CCOC(=O)N1CCc2c([nH]c3ccc(Cl)cc23)C1c1ccc(OCC2CO2)cc1.COc1ccc(OC(=O)N2CCc3c([nH]c4ccc(Cl)cc34)C2c2ccc(OCC3CCCN(C)C3)cc2)cc1.ClCCCOc1ccc(C2NCCc3c2[nH]c2ccc(Cl)cc32)cc1.O=C(Oc1ccc(Cl)cc1)N1CCc2c([nH]c3ccc(Cl)cc23)C1c1ccc(N2CCCC2)cc1. The van der Waals surface area contributed by atoms with Gasteiger partial charge in [0.2, 0.25) is 0 Å². The number of nitrogens with zero attached hydrogens (tertiary/aromatic N) is 5. The quantitative estimate of drug-likeness (QED) is 0.0289. The van der Waals surface area contributed by atoms with Gasteiger partial charge in [-0.2, -0.15) is 0 Å². The number of halogens is 6. The highest BCUT2D eigenvalue weighted by atomic mass is 35.5. The summed E-state index contributed by atoms with van der Waals surface area (Å²) < 4.78 is 45.0. The van der Waals surface area contributed by atoms with Crippen molar-refractivity contribution in [2.24, 2.45) is 5.92 Å². The molecular weight excluding hydrogens is 1770 g/mol. The number of hydrogen-bond donors (Lipinski definition) is 5. The van der Waals surface area contributed by atoms with E-state index in [9.17, 15) is 14.4 Å². The van der Waals surface area contributed by atoms with Crippen LogP contribution in [0.5, 0.6) is 34.5 Å². The molecule has 6 atom stereocenters. The molecule has 11 heterocycles. The Morgan fingerprint density at radius 2 is 0.831 bits per heavy atom. The Bertz CT molecular complexity index is 6320. The minimum atomic E-state index is -0.403. The van der Waals surface area contributed by atoms with E-state index in [0.29, 0.717) is 108 Å². The highest BCUT2D eigenvalue weighted by Gasteiger charge is 2.40. The summed E-state index contributed by atoms with van der Waals surface area (Å²) >= 11 is 36.8. The van der Waals surface area contributed by atoms with Crippen LogP contribution in [0.4, 0.5) is 20.1 Å². The van der Waals surface area contributed by atoms with Crippen molar-refractivity contribution in [3.63, 3.8) is 0 Å². The molecule has 14 aromatic rings. The molecule has 3 saturated heterocycles. The zero-order valence-electron chi connectivity index (χ0n) is 72.5. The van der Waals surface area contributed by atoms with Gasteiger partial charge in [-0.3, -0.25) is 14.7 Å². The second-order valence-corrected chi connectivity index (χ2v) is 36.4. The molecule has 0 aliphatic carbocycles. The molecule has 0 bridgehead atoms. The van der Waals surface area contributed by atoms with E-state index in [0.717, 1.165) is 153 Å². The van der Waals surface area contributed by atoms with Gasteiger partial charge in [0.15, 0.2) is 0 Å². The molecule has 0 saturated carbocycles. The van der Waals surface area contributed by atoms with Gasteiger partial charge in [-0.25, -0.2) is 14.4 Å². The number of rotatable bonds is 19. The number of carbonyl (C=O) groups excluding carboxylic acids is 3. The molecule has 6 unspecified atom stereocenters. The maximum Gasteiger partial charge on any atom is 0.416 e. The Balaban J connectivity index is 0.000000118. The smallest absolute Gasteiger partial charge is 0.416 e. The number of anilines is 1. The molecule has 27 heteroatoms. The number of alkyl halides is 1. The van der Waals surface area contributed by atoms with Gasteiger partial charge in [0, 0.05) is 155 Å². The van der Waals surface area contributed by atoms with E-state index in [-0.39, 0.29) is 42.5 Å². The maximum absolute atomic E-state index is 13.6. The Morgan fingerprint density at radius 3 is 1.28 bits per heavy atom. The summed E-state index contributed by atoms with van der Waals surface area (Å²) in [5.74, 6) is 5.31. The zero-order valence-corrected chi connectivity index (χ0v) is 77.0. The van der Waals surface area contributed by atoms with Gasteiger partial charge in [-0.05, 0) is 293 Å². The van der Waals surface area contributed by atoms with Crippen molar-refractivity contribution < 1.29 is 52.3 Å². The van der Waals surface area contributed by atoms with Crippen LogP contribution in [0, 0.1) is 5.92 Å². The number of H-pyrrole nitrogens is 4. The van der Waals surface area contributed by atoms with Crippen LogP contribution in [0.15, 0.2) is 218 Å². The third-order valence-electron chi connectivity index (χ3n) is 25.3. The van der Waals surface area contributed by atoms with Gasteiger partial charge >= 0.3 is 18.3 Å². The van der Waals surface area contributed by atoms with Crippen LogP contribution in [-0.2, 0) is 35.2 Å². The van der Waals surface area contributed by atoms with Crippen LogP contribution in [0.2, 0.25) is 25.1 Å². The second kappa shape index (κ2) is 40.7. The largest absolute Gasteiger partial charge is 0.497 e. The number of likely N-dealkylation sites (tertiary alicyclic amines) is 1. The maximum atomic E-state index is 13.6. The van der Waals surface area contributed by atoms with Crippen LogP contribution >= 0.6 is 69.6 Å². The Kier molecular flexibility index (Phi) is 28.0. The number of amides is 3. The van der Waals surface area contributed by atoms with Crippen LogP contribution in [0.25, 0.3) is 43.6 Å². The lowest BCUT2D eigenvalue weighted by atomic mass is 9.92. The van der Waals surface area contributed by atoms with E-state index in [1.807, 2.05) is 128 Å². The number of piperidine rings is 1. The highest BCUT2D eigenvalue weighted by molar-refractivity contribution is 6.32. The third kappa shape index (κ3) is 20.3. The molecule has 3 fully saturated rings. The van der Waals surface area contributed by atoms with E-state index in [4.69, 9.17) is 108 Å². The van der Waals surface area contributed by atoms with Gasteiger partial charge < -0.3 is 72.9 Å². The van der Waals surface area contributed by atoms with Crippen molar-refractivity contribution in [1.29, 1.82) is 0 Å². The number of aromatic amines is 4. The number of carbonyl (C=O) groups is 3. The van der Waals surface area contributed by atoms with Crippen molar-refractivity contribution in [1.82, 2.24) is 44.9 Å². The molecule has 10 aromatic carbocycles. The predicted octanol–water partition coefficient (Wildman–Crippen LogP) is 23.7. The van der Waals surface area contributed by atoms with E-state index < -0.39 is 6.09 Å². The monoisotopic (exact) mass is 1860 g/mol. The first kappa shape index (κ1) is 89.4. The van der Waals surface area contributed by atoms with Crippen molar-refractivity contribution in [2.45, 2.75) is 95.0 Å². The first-order chi connectivity index (χ1) is 63.4. The fraction of sp³-hybridized carbons (Fsp3) is 0.311. The third-order valence-corrected chi connectivity index (χ3v) is 26.8. The number of hydrogen-bond acceptors (Lipinski definition) is 14. The second-order valence-electron chi connectivity index (χ2n) is 33.8. The standard InChI is InChI=1S/C32H34ClN3O4.C28H25Cl2N3O2.C23H23ClN2O4.C20H20Cl2N2O/c1-35-16-3-4-21(19-35)20-39-25-8-5-22(6-9-25)31-30-27(28-18-23(33)7-14-29(28)34-30)15-17-36(31)32(37)40-26-12-10-24(38-2)11-13-26;29-19-5-10-22(11-6-19)35-28(34)33-16-13-23-24-17-20(30)7-12-25(24)31-26(23)27(33)18-3-8-21(9-4-18)32-14-1-2-15-32;1-2-28-23(27)26-10-9-18-19-11-15(24)5-8-20(19)25-21(18)22(26)14-3-6-16(7-4-14)29-12-17-13-30-17;21-9-1-11-25-15-5-2-13(3-6-15)19-20-16(8-10-23-19)17-12-14(22)4-7-18(17)24-20/h5-14,18,21,31,34H,3-4,15-17,19-20H2,1-2H3;3-12,17,27,31H,1-2,13-16H2;3-8,11,17,22,25H,2,9-10,12-13H2,1H3;2-7,12,19,23-24H,1,8-11H2. The summed E-state index contributed by atoms with van der Waals surface area (Å²) in [5, 5.41) is 11.6. The van der Waals surface area contributed by atoms with Crippen LogP contribution in [0.1, 0.15) is 130 Å². The Labute approximate surface area is 785 Å². The summed E-state index contributed by atoms with van der Waals surface area (Å²) in [7, 11) is 3.78. The van der Waals surface area contributed by atoms with E-state index in [1.54, 1.807) is 70.3 Å². The average Bonchev–Trinajstić information content (AvgIpc) is 1.60. The summed E-state index contributed by atoms with van der Waals surface area (Å²) in [6, 6.07) is 69.7. The van der Waals surface area contributed by atoms with Crippen molar-refractivity contribution in [3.8, 4) is 34.5 Å². The molecule has 7 aliphatic heterocycles. The number of benzene rings is 10. The van der Waals surface area contributed by atoms with Gasteiger partial charge in [-0.15, -0.1) is 11.6 Å².